The molecule has 0 radical (unpaired) electrons. The number of amides is 1. The van der Waals surface area contributed by atoms with Gasteiger partial charge in [-0.25, -0.2) is 0 Å². The van der Waals surface area contributed by atoms with E-state index >= 15 is 0 Å². The standard InChI is InChI=1S/C20H16ClF3N4O/c1-12-10-28-16(25-26-18(28)13-6-3-2-4-7-13)11-27(12)19(29)14-8-5-9-15(17(14)21)20(22,23)24/h2-9,12H,10-11H2,1H3/t12-/m1/s1. The van der Waals surface area contributed by atoms with Gasteiger partial charge in [-0.05, 0) is 19.1 Å². The molecular formula is C20H16ClF3N4O. The average Bonchev–Trinajstić information content (AvgIpc) is 3.09. The normalized spacial score (nSPS) is 16.6. The third kappa shape index (κ3) is 3.48. The van der Waals surface area contributed by atoms with Crippen molar-refractivity contribution in [3.05, 3.63) is 70.5 Å². The van der Waals surface area contributed by atoms with Crippen LogP contribution in [0.3, 0.4) is 0 Å². The average molecular weight is 421 g/mol. The topological polar surface area (TPSA) is 51.0 Å². The number of carbonyl (C=O) groups is 1. The molecule has 0 fully saturated rings. The van der Waals surface area contributed by atoms with Crippen LogP contribution in [-0.2, 0) is 19.3 Å². The molecular weight excluding hydrogens is 405 g/mol. The Morgan fingerprint density at radius 2 is 1.83 bits per heavy atom. The molecule has 0 saturated heterocycles. The van der Waals surface area contributed by atoms with Gasteiger partial charge in [0.1, 0.15) is 0 Å². The van der Waals surface area contributed by atoms with E-state index in [9.17, 15) is 18.0 Å². The van der Waals surface area contributed by atoms with E-state index in [1.54, 1.807) is 0 Å². The molecule has 1 aromatic heterocycles. The highest BCUT2D eigenvalue weighted by Gasteiger charge is 2.37. The number of rotatable bonds is 2. The SMILES string of the molecule is C[C@@H]1Cn2c(nnc2-c2ccccc2)CN1C(=O)c1cccc(C(F)(F)F)c1Cl. The van der Waals surface area contributed by atoms with Crippen molar-refractivity contribution in [2.45, 2.75) is 32.2 Å². The fraction of sp³-hybridized carbons (Fsp3) is 0.250. The summed E-state index contributed by atoms with van der Waals surface area (Å²) < 4.78 is 41.4. The Morgan fingerprint density at radius 1 is 1.10 bits per heavy atom. The Kier molecular flexibility index (Phi) is 4.82. The first-order chi connectivity index (χ1) is 13.8. The van der Waals surface area contributed by atoms with Crippen LogP contribution in [0.4, 0.5) is 13.2 Å². The van der Waals surface area contributed by atoms with E-state index in [1.807, 2.05) is 41.8 Å². The fourth-order valence-electron chi connectivity index (χ4n) is 3.46. The molecule has 1 amide bonds. The smallest absolute Gasteiger partial charge is 0.327 e. The van der Waals surface area contributed by atoms with Crippen LogP contribution >= 0.6 is 11.6 Å². The van der Waals surface area contributed by atoms with Crippen LogP contribution in [0.25, 0.3) is 11.4 Å². The molecule has 1 aliphatic rings. The fourth-order valence-corrected chi connectivity index (χ4v) is 3.77. The Labute approximate surface area is 169 Å². The molecule has 2 aromatic carbocycles. The van der Waals surface area contributed by atoms with E-state index < -0.39 is 22.7 Å². The summed E-state index contributed by atoms with van der Waals surface area (Å²) in [6.45, 7) is 2.39. The van der Waals surface area contributed by atoms with E-state index in [0.29, 0.717) is 18.2 Å². The van der Waals surface area contributed by atoms with Crippen molar-refractivity contribution in [2.75, 3.05) is 0 Å². The molecule has 1 atom stereocenters. The maximum absolute atomic E-state index is 13.1. The summed E-state index contributed by atoms with van der Waals surface area (Å²) in [7, 11) is 0. The van der Waals surface area contributed by atoms with Gasteiger partial charge in [-0.3, -0.25) is 4.79 Å². The van der Waals surface area contributed by atoms with Crippen molar-refractivity contribution in [2.24, 2.45) is 0 Å². The van der Waals surface area contributed by atoms with Crippen molar-refractivity contribution in [3.8, 4) is 11.4 Å². The van der Waals surface area contributed by atoms with Gasteiger partial charge in [-0.2, -0.15) is 13.2 Å². The second-order valence-electron chi connectivity index (χ2n) is 6.86. The number of alkyl halides is 3. The monoisotopic (exact) mass is 420 g/mol. The molecule has 3 aromatic rings. The van der Waals surface area contributed by atoms with Gasteiger partial charge in [0.15, 0.2) is 11.6 Å². The first kappa shape index (κ1) is 19.4. The quantitative estimate of drug-likeness (QED) is 0.605. The first-order valence-corrected chi connectivity index (χ1v) is 9.29. The highest BCUT2D eigenvalue weighted by atomic mass is 35.5. The molecule has 5 nitrogen and oxygen atoms in total. The number of fused-ring (bicyclic) bond motifs is 1. The summed E-state index contributed by atoms with van der Waals surface area (Å²) in [6, 6.07) is 12.6. The summed E-state index contributed by atoms with van der Waals surface area (Å²) >= 11 is 5.94. The number of hydrogen-bond acceptors (Lipinski definition) is 3. The lowest BCUT2D eigenvalue weighted by Gasteiger charge is -2.34. The van der Waals surface area contributed by atoms with E-state index in [-0.39, 0.29) is 18.2 Å². The van der Waals surface area contributed by atoms with Crippen LogP contribution in [0.1, 0.15) is 28.7 Å². The predicted octanol–water partition coefficient (Wildman–Crippen LogP) is 4.66. The number of hydrogen-bond donors (Lipinski definition) is 0. The van der Waals surface area contributed by atoms with Crippen molar-refractivity contribution in [1.29, 1.82) is 0 Å². The van der Waals surface area contributed by atoms with Gasteiger partial charge in [-0.15, -0.1) is 10.2 Å². The Bertz CT molecular complexity index is 1070. The minimum atomic E-state index is -4.63. The minimum Gasteiger partial charge on any atom is -0.327 e. The lowest BCUT2D eigenvalue weighted by molar-refractivity contribution is -0.137. The number of carbonyl (C=O) groups excluding carboxylic acids is 1. The highest BCUT2D eigenvalue weighted by Crippen LogP contribution is 2.37. The zero-order valence-corrected chi connectivity index (χ0v) is 16.1. The van der Waals surface area contributed by atoms with Crippen LogP contribution < -0.4 is 0 Å². The predicted molar refractivity (Wildman–Crippen MR) is 101 cm³/mol. The molecule has 0 saturated carbocycles. The van der Waals surface area contributed by atoms with E-state index in [2.05, 4.69) is 10.2 Å². The van der Waals surface area contributed by atoms with Crippen LogP contribution in [0.15, 0.2) is 48.5 Å². The first-order valence-electron chi connectivity index (χ1n) is 8.91. The van der Waals surface area contributed by atoms with Crippen molar-refractivity contribution >= 4 is 17.5 Å². The molecule has 9 heteroatoms. The molecule has 0 spiro atoms. The van der Waals surface area contributed by atoms with Gasteiger partial charge in [0.2, 0.25) is 0 Å². The Hall–Kier alpha value is -2.87. The second-order valence-corrected chi connectivity index (χ2v) is 7.24. The summed E-state index contributed by atoms with van der Waals surface area (Å²) in [4.78, 5) is 14.5. The molecule has 4 rings (SSSR count). The van der Waals surface area contributed by atoms with Crippen LogP contribution in [0, 0.1) is 0 Å². The van der Waals surface area contributed by atoms with Crippen LogP contribution in [0.2, 0.25) is 5.02 Å². The maximum Gasteiger partial charge on any atom is 0.417 e. The highest BCUT2D eigenvalue weighted by molar-refractivity contribution is 6.34. The summed E-state index contributed by atoms with van der Waals surface area (Å²) in [5.74, 6) is 0.694. The van der Waals surface area contributed by atoms with Crippen molar-refractivity contribution < 1.29 is 18.0 Å². The van der Waals surface area contributed by atoms with Gasteiger partial charge >= 0.3 is 6.18 Å². The van der Waals surface area contributed by atoms with E-state index in [0.717, 1.165) is 11.6 Å². The number of benzene rings is 2. The molecule has 1 aliphatic heterocycles. The molecule has 2 heterocycles. The zero-order chi connectivity index (χ0) is 20.8. The van der Waals surface area contributed by atoms with Crippen molar-refractivity contribution in [3.63, 3.8) is 0 Å². The Balaban J connectivity index is 1.66. The largest absolute Gasteiger partial charge is 0.417 e. The third-order valence-electron chi connectivity index (χ3n) is 4.95. The number of halogens is 4. The summed E-state index contributed by atoms with van der Waals surface area (Å²) in [5.41, 5.74) is -0.298. The molecule has 0 bridgehead atoms. The van der Waals surface area contributed by atoms with Gasteiger partial charge in [0.05, 0.1) is 22.7 Å². The maximum atomic E-state index is 13.1. The summed E-state index contributed by atoms with van der Waals surface area (Å²) in [6.07, 6.45) is -4.63. The van der Waals surface area contributed by atoms with Gasteiger partial charge in [0, 0.05) is 18.2 Å². The molecule has 29 heavy (non-hydrogen) atoms. The lowest BCUT2D eigenvalue weighted by Crippen LogP contribution is -2.45. The molecule has 0 aliphatic carbocycles. The molecule has 150 valence electrons. The molecule has 0 unspecified atom stereocenters. The molecule has 0 N–H and O–H groups in total. The number of aromatic nitrogens is 3. The summed E-state index contributed by atoms with van der Waals surface area (Å²) in [5, 5.41) is 7.82. The van der Waals surface area contributed by atoms with E-state index in [4.69, 9.17) is 11.6 Å². The van der Waals surface area contributed by atoms with Crippen LogP contribution in [-0.4, -0.2) is 31.6 Å². The van der Waals surface area contributed by atoms with Gasteiger partial charge in [-0.1, -0.05) is 48.0 Å². The van der Waals surface area contributed by atoms with Crippen LogP contribution in [0.5, 0.6) is 0 Å². The minimum absolute atomic E-state index is 0.131. The van der Waals surface area contributed by atoms with Gasteiger partial charge in [0.25, 0.3) is 5.91 Å². The van der Waals surface area contributed by atoms with Crippen molar-refractivity contribution in [1.82, 2.24) is 19.7 Å². The Morgan fingerprint density at radius 3 is 2.52 bits per heavy atom. The third-order valence-corrected chi connectivity index (χ3v) is 5.35. The second kappa shape index (κ2) is 7.18. The van der Waals surface area contributed by atoms with E-state index in [1.165, 1.54) is 17.0 Å². The zero-order valence-electron chi connectivity index (χ0n) is 15.3. The lowest BCUT2D eigenvalue weighted by atomic mass is 10.1. The number of nitrogens with zero attached hydrogens (tertiary/aromatic N) is 4. The van der Waals surface area contributed by atoms with Gasteiger partial charge < -0.3 is 9.47 Å².